The molecule has 0 fully saturated rings. The predicted molar refractivity (Wildman–Crippen MR) is 121 cm³/mol. The molecule has 1 N–H and O–H groups in total. The quantitative estimate of drug-likeness (QED) is 0.400. The highest BCUT2D eigenvalue weighted by Gasteiger charge is 2.28. The first kappa shape index (κ1) is 22.2. The van der Waals surface area contributed by atoms with E-state index in [1.807, 2.05) is 13.0 Å². The molecule has 0 unspecified atom stereocenters. The normalized spacial score (nSPS) is 15.7. The maximum Gasteiger partial charge on any atom is 0.487 e. The van der Waals surface area contributed by atoms with Crippen LogP contribution in [0.2, 0.25) is 0 Å². The smallest absolute Gasteiger partial charge is 0.420 e. The van der Waals surface area contributed by atoms with Crippen LogP contribution in [0, 0.1) is 0 Å². The van der Waals surface area contributed by atoms with E-state index in [1.165, 1.54) is 24.3 Å². The van der Waals surface area contributed by atoms with Crippen molar-refractivity contribution in [2.24, 2.45) is 0 Å². The molecule has 0 bridgehead atoms. The summed E-state index contributed by atoms with van der Waals surface area (Å²) in [4.78, 5) is 17.8. The van der Waals surface area contributed by atoms with Crippen LogP contribution in [0.15, 0.2) is 54.9 Å². The summed E-state index contributed by atoms with van der Waals surface area (Å²) in [7, 11) is 0. The van der Waals surface area contributed by atoms with Crippen molar-refractivity contribution < 1.29 is 23.0 Å². The van der Waals surface area contributed by atoms with Crippen LogP contribution in [0.4, 0.5) is 14.5 Å². The van der Waals surface area contributed by atoms with E-state index >= 15 is 0 Å². The first-order valence-electron chi connectivity index (χ1n) is 10.4. The Morgan fingerprint density at radius 1 is 1.24 bits per heavy atom. The summed E-state index contributed by atoms with van der Waals surface area (Å²) >= 11 is 4.78. The first-order valence-corrected chi connectivity index (χ1v) is 10.7. The van der Waals surface area contributed by atoms with Gasteiger partial charge in [0, 0.05) is 34.0 Å². The van der Waals surface area contributed by atoms with Gasteiger partial charge < -0.3 is 19.4 Å². The number of imidazole rings is 1. The lowest BCUT2D eigenvalue weighted by atomic mass is 10.0. The van der Waals surface area contributed by atoms with Gasteiger partial charge in [0.1, 0.15) is 18.2 Å². The Morgan fingerprint density at radius 2 is 2.03 bits per heavy atom. The topological polar surface area (TPSA) is 91.2 Å². The highest BCUT2D eigenvalue weighted by Crippen LogP contribution is 2.35. The summed E-state index contributed by atoms with van der Waals surface area (Å²) in [5.41, 5.74) is 0.0750. The Morgan fingerprint density at radius 3 is 2.74 bits per heavy atom. The number of fused-ring (bicyclic) bond motifs is 3. The number of nitrogens with one attached hydrogen (secondary N) is 1. The van der Waals surface area contributed by atoms with Gasteiger partial charge in [0.15, 0.2) is 0 Å². The van der Waals surface area contributed by atoms with E-state index in [1.54, 1.807) is 24.5 Å². The summed E-state index contributed by atoms with van der Waals surface area (Å²) in [6.07, 6.45) is 3.22. The first-order chi connectivity index (χ1) is 16.3. The molecule has 0 saturated heterocycles. The summed E-state index contributed by atoms with van der Waals surface area (Å²) in [5.74, 6) is 0.254. The molecule has 1 atom stereocenters. The average molecular weight is 486 g/mol. The molecular formula is C23H18ClF2N5O3. The van der Waals surface area contributed by atoms with E-state index in [-0.39, 0.29) is 11.8 Å². The van der Waals surface area contributed by atoms with Gasteiger partial charge in [0.05, 0.1) is 36.1 Å². The van der Waals surface area contributed by atoms with Crippen molar-refractivity contribution in [3.63, 3.8) is 0 Å². The van der Waals surface area contributed by atoms with E-state index in [4.69, 9.17) is 21.3 Å². The number of hydrogen-bond donors (Lipinski definition) is 1. The number of halogens is 3. The van der Waals surface area contributed by atoms with Crippen molar-refractivity contribution in [2.45, 2.75) is 25.1 Å². The van der Waals surface area contributed by atoms with Gasteiger partial charge >= 0.3 is 5.57 Å². The van der Waals surface area contributed by atoms with Crippen molar-refractivity contribution in [2.75, 3.05) is 11.9 Å². The van der Waals surface area contributed by atoms with E-state index in [0.717, 1.165) is 22.5 Å². The second kappa shape index (κ2) is 8.62. The van der Waals surface area contributed by atoms with Crippen LogP contribution in [0.5, 0.6) is 5.75 Å². The van der Waals surface area contributed by atoms with Crippen molar-refractivity contribution >= 4 is 34.2 Å². The minimum absolute atomic E-state index is 0.0723. The summed E-state index contributed by atoms with van der Waals surface area (Å²) in [5, 5.41) is 10.6. The number of amides is 1. The third kappa shape index (κ3) is 4.42. The number of aromatic nitrogens is 4. The molecule has 1 aliphatic heterocycles. The summed E-state index contributed by atoms with van der Waals surface area (Å²) < 4.78 is 37.7. The van der Waals surface area contributed by atoms with Gasteiger partial charge in [-0.25, -0.2) is 4.98 Å². The van der Waals surface area contributed by atoms with E-state index in [9.17, 15) is 13.6 Å². The number of hydrogen-bond acceptors (Lipinski definition) is 6. The molecule has 3 heterocycles. The number of ether oxygens (including phenoxy) is 2. The van der Waals surface area contributed by atoms with E-state index in [2.05, 4.69) is 24.8 Å². The molecular weight excluding hydrogens is 468 g/mol. The number of alkyl halides is 3. The molecule has 4 aromatic rings. The molecule has 0 spiro atoms. The third-order valence-corrected chi connectivity index (χ3v) is 5.47. The van der Waals surface area contributed by atoms with Crippen LogP contribution in [-0.4, -0.2) is 37.8 Å². The average Bonchev–Trinajstić information content (AvgIpc) is 3.19. The van der Waals surface area contributed by atoms with Crippen LogP contribution in [0.1, 0.15) is 29.1 Å². The lowest BCUT2D eigenvalue weighted by molar-refractivity contribution is -0.0964. The molecule has 0 radical (unpaired) electrons. The standard InChI is InChI=1S/C23H18ClF2N5O3/c1-13-11-33-12-20-30-19-9-15(8-18(21(19)31(13)20)14-6-7-27-28-10-14)22(32)29-16-2-4-17(5-3-16)34-23(24,25)26/h2-10,13H,11-12H2,1H3,(H,29,32)/t13-/m1/s1. The number of rotatable bonds is 5. The molecule has 2 aromatic carbocycles. The van der Waals surface area contributed by atoms with Crippen molar-refractivity contribution in [1.82, 2.24) is 19.7 Å². The Balaban J connectivity index is 1.52. The monoisotopic (exact) mass is 485 g/mol. The fraction of sp³-hybridized carbons (Fsp3) is 0.217. The number of carbonyl (C=O) groups excluding carboxylic acids is 1. The van der Waals surface area contributed by atoms with Gasteiger partial charge in [-0.2, -0.15) is 10.2 Å². The van der Waals surface area contributed by atoms with E-state index < -0.39 is 11.5 Å². The second-order valence-corrected chi connectivity index (χ2v) is 8.25. The van der Waals surface area contributed by atoms with Gasteiger partial charge in [-0.3, -0.25) is 4.79 Å². The molecule has 5 rings (SSSR count). The van der Waals surface area contributed by atoms with Gasteiger partial charge in [0.2, 0.25) is 0 Å². The third-order valence-electron chi connectivity index (χ3n) is 5.39. The minimum atomic E-state index is -3.81. The molecule has 1 aliphatic rings. The molecule has 0 saturated carbocycles. The molecule has 8 nitrogen and oxygen atoms in total. The lowest BCUT2D eigenvalue weighted by Gasteiger charge is -2.23. The largest absolute Gasteiger partial charge is 0.487 e. The van der Waals surface area contributed by atoms with Crippen LogP contribution < -0.4 is 10.1 Å². The maximum absolute atomic E-state index is 13.1. The number of benzene rings is 2. The lowest BCUT2D eigenvalue weighted by Crippen LogP contribution is -2.21. The van der Waals surface area contributed by atoms with Crippen LogP contribution in [0.3, 0.4) is 0 Å². The van der Waals surface area contributed by atoms with Gasteiger partial charge in [-0.1, -0.05) is 0 Å². The zero-order valence-electron chi connectivity index (χ0n) is 17.8. The summed E-state index contributed by atoms with van der Waals surface area (Å²) in [6, 6.07) is 10.8. The second-order valence-electron chi connectivity index (χ2n) is 7.81. The summed E-state index contributed by atoms with van der Waals surface area (Å²) in [6.45, 7) is 2.99. The van der Waals surface area contributed by atoms with Crippen molar-refractivity contribution in [3.05, 3.63) is 66.2 Å². The predicted octanol–water partition coefficient (Wildman–Crippen LogP) is 5.00. The number of nitrogens with zero attached hydrogens (tertiary/aromatic N) is 4. The number of anilines is 1. The van der Waals surface area contributed by atoms with Crippen LogP contribution in [0.25, 0.3) is 22.2 Å². The van der Waals surface area contributed by atoms with Crippen LogP contribution in [-0.2, 0) is 11.3 Å². The molecule has 1 amide bonds. The van der Waals surface area contributed by atoms with Crippen molar-refractivity contribution in [1.29, 1.82) is 0 Å². The highest BCUT2D eigenvalue weighted by molar-refractivity contribution is 6.20. The fourth-order valence-corrected chi connectivity index (χ4v) is 4.08. The van der Waals surface area contributed by atoms with E-state index in [0.29, 0.717) is 30.0 Å². The zero-order valence-corrected chi connectivity index (χ0v) is 18.6. The Labute approximate surface area is 197 Å². The fourth-order valence-electron chi connectivity index (χ4n) is 4.00. The van der Waals surface area contributed by atoms with Crippen LogP contribution >= 0.6 is 11.6 Å². The SMILES string of the molecule is C[C@@H]1COCc2nc3cc(C(=O)Nc4ccc(OC(F)(F)Cl)cc4)cc(-c4ccnnc4)c3n21. The molecule has 11 heteroatoms. The molecule has 34 heavy (non-hydrogen) atoms. The maximum atomic E-state index is 13.1. The molecule has 2 aromatic heterocycles. The molecule has 0 aliphatic carbocycles. The zero-order chi connectivity index (χ0) is 23.9. The Bertz CT molecular complexity index is 1360. The Kier molecular flexibility index (Phi) is 5.62. The van der Waals surface area contributed by atoms with Crippen molar-refractivity contribution in [3.8, 4) is 16.9 Å². The Hall–Kier alpha value is -3.63. The highest BCUT2D eigenvalue weighted by atomic mass is 35.5. The van der Waals surface area contributed by atoms with Gasteiger partial charge in [-0.05, 0) is 49.4 Å². The minimum Gasteiger partial charge on any atom is -0.420 e. The van der Waals surface area contributed by atoms with Gasteiger partial charge in [0.25, 0.3) is 5.91 Å². The van der Waals surface area contributed by atoms with Gasteiger partial charge in [-0.15, -0.1) is 8.78 Å². The number of carbonyl (C=O) groups is 1. The molecule has 174 valence electrons.